The number of hydrogen-bond acceptors (Lipinski definition) is 3. The van der Waals surface area contributed by atoms with E-state index in [1.54, 1.807) is 7.11 Å². The van der Waals surface area contributed by atoms with E-state index in [1.807, 2.05) is 18.2 Å². The van der Waals surface area contributed by atoms with E-state index in [0.29, 0.717) is 18.6 Å². The van der Waals surface area contributed by atoms with Gasteiger partial charge in [0.25, 0.3) is 0 Å². The minimum atomic E-state index is 0.00706. The molecule has 1 saturated carbocycles. The molecule has 0 heterocycles. The molecule has 0 aliphatic heterocycles. The molecule has 18 heavy (non-hydrogen) atoms. The Morgan fingerprint density at radius 2 is 2.17 bits per heavy atom. The minimum absolute atomic E-state index is 0.00706. The summed E-state index contributed by atoms with van der Waals surface area (Å²) >= 11 is 0. The highest BCUT2D eigenvalue weighted by Gasteiger charge is 2.22. The Balaban J connectivity index is 2.10. The van der Waals surface area contributed by atoms with Crippen molar-refractivity contribution in [1.29, 1.82) is 0 Å². The Labute approximate surface area is 108 Å². The average molecular weight is 248 g/mol. The summed E-state index contributed by atoms with van der Waals surface area (Å²) in [6, 6.07) is 5.99. The molecule has 1 unspecified atom stereocenters. The van der Waals surface area contributed by atoms with Gasteiger partial charge in [-0.3, -0.25) is 4.79 Å². The van der Waals surface area contributed by atoms with Crippen LogP contribution in [0.3, 0.4) is 0 Å². The summed E-state index contributed by atoms with van der Waals surface area (Å²) < 4.78 is 11.2. The van der Waals surface area contributed by atoms with Crippen LogP contribution in [0.1, 0.15) is 38.2 Å². The Morgan fingerprint density at radius 1 is 1.33 bits per heavy atom. The first-order chi connectivity index (χ1) is 8.72. The normalized spacial score (nSPS) is 19.7. The molecular weight excluding hydrogens is 228 g/mol. The highest BCUT2D eigenvalue weighted by molar-refractivity contribution is 5.79. The van der Waals surface area contributed by atoms with Crippen molar-refractivity contribution in [2.24, 2.45) is 0 Å². The van der Waals surface area contributed by atoms with Crippen LogP contribution in [0.5, 0.6) is 11.5 Å². The fourth-order valence-corrected chi connectivity index (χ4v) is 2.29. The zero-order valence-corrected chi connectivity index (χ0v) is 11.1. The van der Waals surface area contributed by atoms with Crippen LogP contribution in [0.4, 0.5) is 0 Å². The minimum Gasteiger partial charge on any atom is -0.493 e. The third-order valence-corrected chi connectivity index (χ3v) is 3.37. The molecule has 3 heteroatoms. The molecule has 2 rings (SSSR count). The van der Waals surface area contributed by atoms with Crippen LogP contribution in [-0.2, 0) is 11.2 Å². The fraction of sp³-hybridized carbons (Fsp3) is 0.533. The van der Waals surface area contributed by atoms with E-state index in [0.717, 1.165) is 30.8 Å². The van der Waals surface area contributed by atoms with Crippen molar-refractivity contribution in [3.05, 3.63) is 23.8 Å². The molecule has 1 fully saturated rings. The van der Waals surface area contributed by atoms with E-state index in [4.69, 9.17) is 9.47 Å². The maximum atomic E-state index is 11.4. The van der Waals surface area contributed by atoms with E-state index < -0.39 is 0 Å². The van der Waals surface area contributed by atoms with Crippen molar-refractivity contribution in [2.45, 2.75) is 45.1 Å². The van der Waals surface area contributed by atoms with Gasteiger partial charge >= 0.3 is 0 Å². The lowest BCUT2D eigenvalue weighted by Gasteiger charge is -2.23. The third kappa shape index (κ3) is 3.03. The molecule has 0 saturated heterocycles. The summed E-state index contributed by atoms with van der Waals surface area (Å²) in [5.74, 6) is 1.80. The smallest absolute Gasteiger partial charge is 0.161 e. The second-order valence-electron chi connectivity index (χ2n) is 4.71. The first-order valence-corrected chi connectivity index (χ1v) is 6.58. The van der Waals surface area contributed by atoms with Gasteiger partial charge < -0.3 is 9.47 Å². The summed E-state index contributed by atoms with van der Waals surface area (Å²) in [5, 5.41) is 0. The SMILES string of the molecule is CCc1ccc(OC2CCCC(=O)C2)c(OC)c1. The topological polar surface area (TPSA) is 35.5 Å². The van der Waals surface area contributed by atoms with Gasteiger partial charge in [-0.25, -0.2) is 0 Å². The van der Waals surface area contributed by atoms with Gasteiger partial charge in [0.2, 0.25) is 0 Å². The molecule has 3 nitrogen and oxygen atoms in total. The van der Waals surface area contributed by atoms with Gasteiger partial charge in [-0.2, -0.15) is 0 Å². The van der Waals surface area contributed by atoms with E-state index in [1.165, 1.54) is 5.56 Å². The van der Waals surface area contributed by atoms with Crippen LogP contribution in [0.15, 0.2) is 18.2 Å². The van der Waals surface area contributed by atoms with Gasteiger partial charge in [-0.1, -0.05) is 13.0 Å². The summed E-state index contributed by atoms with van der Waals surface area (Å²) in [6.45, 7) is 2.11. The van der Waals surface area contributed by atoms with E-state index in [2.05, 4.69) is 6.92 Å². The van der Waals surface area contributed by atoms with Crippen LogP contribution in [0.2, 0.25) is 0 Å². The third-order valence-electron chi connectivity index (χ3n) is 3.37. The number of benzene rings is 1. The molecule has 1 aromatic carbocycles. The molecule has 0 bridgehead atoms. The van der Waals surface area contributed by atoms with Crippen LogP contribution in [-0.4, -0.2) is 19.0 Å². The number of carbonyl (C=O) groups excluding carboxylic acids is 1. The molecular formula is C15H20O3. The zero-order valence-electron chi connectivity index (χ0n) is 11.1. The Kier molecular flexibility index (Phi) is 4.24. The molecule has 0 amide bonds. The van der Waals surface area contributed by atoms with Gasteiger partial charge in [0.15, 0.2) is 11.5 Å². The molecule has 0 radical (unpaired) electrons. The number of hydrogen-bond donors (Lipinski definition) is 0. The summed E-state index contributed by atoms with van der Waals surface area (Å²) in [5.41, 5.74) is 1.22. The zero-order chi connectivity index (χ0) is 13.0. The van der Waals surface area contributed by atoms with Crippen molar-refractivity contribution in [1.82, 2.24) is 0 Å². The highest BCUT2D eigenvalue weighted by atomic mass is 16.5. The number of ketones is 1. The molecule has 1 aromatic rings. The lowest BCUT2D eigenvalue weighted by atomic mass is 9.96. The average Bonchev–Trinajstić information content (AvgIpc) is 2.39. The molecule has 0 N–H and O–H groups in total. The second kappa shape index (κ2) is 5.89. The van der Waals surface area contributed by atoms with Crippen LogP contribution in [0, 0.1) is 0 Å². The molecule has 98 valence electrons. The maximum absolute atomic E-state index is 11.4. The van der Waals surface area contributed by atoms with Crippen molar-refractivity contribution < 1.29 is 14.3 Å². The van der Waals surface area contributed by atoms with E-state index in [-0.39, 0.29) is 6.10 Å². The fourth-order valence-electron chi connectivity index (χ4n) is 2.29. The Hall–Kier alpha value is -1.51. The van der Waals surface area contributed by atoms with Crippen LogP contribution < -0.4 is 9.47 Å². The van der Waals surface area contributed by atoms with Crippen molar-refractivity contribution >= 4 is 5.78 Å². The first-order valence-electron chi connectivity index (χ1n) is 6.58. The molecule has 0 aromatic heterocycles. The Morgan fingerprint density at radius 3 is 2.83 bits per heavy atom. The first kappa shape index (κ1) is 12.9. The quantitative estimate of drug-likeness (QED) is 0.821. The van der Waals surface area contributed by atoms with E-state index >= 15 is 0 Å². The van der Waals surface area contributed by atoms with Gasteiger partial charge in [-0.05, 0) is 37.0 Å². The number of Topliss-reactive ketones (excluding diaryl/α,β-unsaturated/α-hetero) is 1. The number of carbonyl (C=O) groups is 1. The molecule has 0 spiro atoms. The number of rotatable bonds is 4. The van der Waals surface area contributed by atoms with Crippen molar-refractivity contribution in [2.75, 3.05) is 7.11 Å². The van der Waals surface area contributed by atoms with E-state index in [9.17, 15) is 4.79 Å². The summed E-state index contributed by atoms with van der Waals surface area (Å²) in [4.78, 5) is 11.4. The van der Waals surface area contributed by atoms with Gasteiger partial charge in [-0.15, -0.1) is 0 Å². The standard InChI is InChI=1S/C15H20O3/c1-3-11-7-8-14(15(9-11)17-2)18-13-6-4-5-12(16)10-13/h7-9,13H,3-6,10H2,1-2H3. The molecule has 1 aliphatic rings. The summed E-state index contributed by atoms with van der Waals surface area (Å²) in [6.07, 6.45) is 4.08. The van der Waals surface area contributed by atoms with Crippen LogP contribution in [0.25, 0.3) is 0 Å². The van der Waals surface area contributed by atoms with Gasteiger partial charge in [0, 0.05) is 12.8 Å². The maximum Gasteiger partial charge on any atom is 0.161 e. The monoisotopic (exact) mass is 248 g/mol. The van der Waals surface area contributed by atoms with Crippen molar-refractivity contribution in [3.8, 4) is 11.5 Å². The molecule has 1 atom stereocenters. The predicted octanol–water partition coefficient (Wildman–Crippen LogP) is 3.15. The lowest BCUT2D eigenvalue weighted by molar-refractivity contribution is -0.122. The number of ether oxygens (including phenoxy) is 2. The Bertz CT molecular complexity index is 426. The highest BCUT2D eigenvalue weighted by Crippen LogP contribution is 2.31. The second-order valence-corrected chi connectivity index (χ2v) is 4.71. The molecule has 1 aliphatic carbocycles. The number of aryl methyl sites for hydroxylation is 1. The largest absolute Gasteiger partial charge is 0.493 e. The lowest BCUT2D eigenvalue weighted by Crippen LogP contribution is -2.25. The number of methoxy groups -OCH3 is 1. The van der Waals surface area contributed by atoms with Gasteiger partial charge in [0.05, 0.1) is 7.11 Å². The summed E-state index contributed by atoms with van der Waals surface area (Å²) in [7, 11) is 1.65. The van der Waals surface area contributed by atoms with Gasteiger partial charge in [0.1, 0.15) is 11.9 Å². The van der Waals surface area contributed by atoms with Crippen LogP contribution >= 0.6 is 0 Å². The predicted molar refractivity (Wildman–Crippen MR) is 70.3 cm³/mol. The van der Waals surface area contributed by atoms with Crippen molar-refractivity contribution in [3.63, 3.8) is 0 Å².